The molecule has 0 radical (unpaired) electrons. The molecular formula is C8H9ClF2N2O2S. The standard InChI is InChI=1S/C8H9ClF2N2O2S/c9-6-3-5(1-2-7(6)12)16(14,15)13-4-8(10)11/h1-3,8,13H,4,12H2. The van der Waals surface area contributed by atoms with Crippen molar-refractivity contribution in [3.05, 3.63) is 23.2 Å². The molecule has 0 aliphatic carbocycles. The number of nitrogens with two attached hydrogens (primary N) is 1. The van der Waals surface area contributed by atoms with Crippen LogP contribution in [0.15, 0.2) is 23.1 Å². The van der Waals surface area contributed by atoms with Crippen molar-refractivity contribution >= 4 is 27.3 Å². The third-order valence-corrected chi connectivity index (χ3v) is 3.46. The third-order valence-electron chi connectivity index (χ3n) is 1.71. The van der Waals surface area contributed by atoms with Gasteiger partial charge in [-0.25, -0.2) is 21.9 Å². The van der Waals surface area contributed by atoms with E-state index in [2.05, 4.69) is 0 Å². The van der Waals surface area contributed by atoms with Crippen LogP contribution in [0.4, 0.5) is 14.5 Å². The van der Waals surface area contributed by atoms with Crippen molar-refractivity contribution in [2.45, 2.75) is 11.3 Å². The Kier molecular flexibility index (Phi) is 4.06. The summed E-state index contributed by atoms with van der Waals surface area (Å²) in [4.78, 5) is -0.202. The summed E-state index contributed by atoms with van der Waals surface area (Å²) >= 11 is 5.62. The van der Waals surface area contributed by atoms with E-state index >= 15 is 0 Å². The lowest BCUT2D eigenvalue weighted by molar-refractivity contribution is 0.153. The Morgan fingerprint density at radius 3 is 2.56 bits per heavy atom. The van der Waals surface area contributed by atoms with Crippen molar-refractivity contribution < 1.29 is 17.2 Å². The van der Waals surface area contributed by atoms with Crippen LogP contribution in [-0.4, -0.2) is 21.4 Å². The van der Waals surface area contributed by atoms with Crippen LogP contribution in [0.5, 0.6) is 0 Å². The van der Waals surface area contributed by atoms with E-state index < -0.39 is 23.0 Å². The molecule has 90 valence electrons. The van der Waals surface area contributed by atoms with Gasteiger partial charge in [-0.05, 0) is 18.2 Å². The number of anilines is 1. The highest BCUT2D eigenvalue weighted by molar-refractivity contribution is 7.89. The van der Waals surface area contributed by atoms with Gasteiger partial charge in [-0.1, -0.05) is 11.6 Å². The molecule has 0 bridgehead atoms. The summed E-state index contributed by atoms with van der Waals surface area (Å²) in [5.74, 6) is 0. The van der Waals surface area contributed by atoms with Crippen molar-refractivity contribution in [2.24, 2.45) is 0 Å². The number of rotatable bonds is 4. The van der Waals surface area contributed by atoms with Crippen molar-refractivity contribution in [3.8, 4) is 0 Å². The monoisotopic (exact) mass is 270 g/mol. The topological polar surface area (TPSA) is 72.2 Å². The number of nitrogen functional groups attached to an aromatic ring is 1. The van der Waals surface area contributed by atoms with Gasteiger partial charge >= 0.3 is 0 Å². The molecule has 0 aromatic heterocycles. The zero-order valence-electron chi connectivity index (χ0n) is 7.95. The highest BCUT2D eigenvalue weighted by Crippen LogP contribution is 2.22. The van der Waals surface area contributed by atoms with Crippen LogP contribution < -0.4 is 10.5 Å². The van der Waals surface area contributed by atoms with E-state index in [1.165, 1.54) is 12.1 Å². The Morgan fingerprint density at radius 1 is 1.44 bits per heavy atom. The van der Waals surface area contributed by atoms with Gasteiger partial charge in [0.1, 0.15) is 0 Å². The van der Waals surface area contributed by atoms with Crippen LogP contribution in [0.25, 0.3) is 0 Å². The van der Waals surface area contributed by atoms with Gasteiger partial charge in [-0.3, -0.25) is 0 Å². The van der Waals surface area contributed by atoms with Crippen LogP contribution in [0.1, 0.15) is 0 Å². The third kappa shape index (κ3) is 3.29. The van der Waals surface area contributed by atoms with Crippen LogP contribution >= 0.6 is 11.6 Å². The van der Waals surface area contributed by atoms with Gasteiger partial charge in [-0.15, -0.1) is 0 Å². The normalized spacial score (nSPS) is 12.0. The Hall–Kier alpha value is -0.920. The van der Waals surface area contributed by atoms with E-state index in [-0.39, 0.29) is 15.6 Å². The molecule has 0 heterocycles. The SMILES string of the molecule is Nc1ccc(S(=O)(=O)NCC(F)F)cc1Cl. The molecule has 16 heavy (non-hydrogen) atoms. The van der Waals surface area contributed by atoms with E-state index in [9.17, 15) is 17.2 Å². The summed E-state index contributed by atoms with van der Waals surface area (Å²) in [6.07, 6.45) is -2.75. The zero-order chi connectivity index (χ0) is 12.3. The van der Waals surface area contributed by atoms with Gasteiger partial charge in [0.25, 0.3) is 6.43 Å². The maximum atomic E-state index is 11.9. The van der Waals surface area contributed by atoms with Crippen LogP contribution in [0.3, 0.4) is 0 Å². The van der Waals surface area contributed by atoms with Gasteiger partial charge in [0.05, 0.1) is 22.2 Å². The average Bonchev–Trinajstić information content (AvgIpc) is 2.19. The summed E-state index contributed by atoms with van der Waals surface area (Å²) < 4.78 is 48.4. The first kappa shape index (κ1) is 13.1. The summed E-state index contributed by atoms with van der Waals surface area (Å²) in [6.45, 7) is -0.940. The Bertz CT molecular complexity index is 479. The largest absolute Gasteiger partial charge is 0.398 e. The number of benzene rings is 1. The minimum atomic E-state index is -3.96. The van der Waals surface area contributed by atoms with Crippen LogP contribution in [0.2, 0.25) is 5.02 Å². The fourth-order valence-electron chi connectivity index (χ4n) is 0.931. The first-order chi connectivity index (χ1) is 7.33. The molecule has 0 aliphatic rings. The van der Waals surface area contributed by atoms with E-state index in [1.54, 1.807) is 4.72 Å². The Labute approximate surface area is 96.4 Å². The van der Waals surface area contributed by atoms with Crippen LogP contribution in [-0.2, 0) is 10.0 Å². The van der Waals surface area contributed by atoms with E-state index in [0.717, 1.165) is 6.07 Å². The molecule has 0 spiro atoms. The Balaban J connectivity index is 2.94. The number of sulfonamides is 1. The van der Waals surface area contributed by atoms with Crippen LogP contribution in [0, 0.1) is 0 Å². The number of halogens is 3. The van der Waals surface area contributed by atoms with E-state index in [4.69, 9.17) is 17.3 Å². The van der Waals surface area contributed by atoms with Gasteiger partial charge in [-0.2, -0.15) is 0 Å². The fourth-order valence-corrected chi connectivity index (χ4v) is 2.21. The molecule has 0 atom stereocenters. The first-order valence-corrected chi connectivity index (χ1v) is 6.02. The second-order valence-corrected chi connectivity index (χ2v) is 5.10. The lowest BCUT2D eigenvalue weighted by atomic mass is 10.3. The lowest BCUT2D eigenvalue weighted by Crippen LogP contribution is -2.28. The Morgan fingerprint density at radius 2 is 2.06 bits per heavy atom. The molecule has 8 heteroatoms. The van der Waals surface area contributed by atoms with Crippen molar-refractivity contribution in [2.75, 3.05) is 12.3 Å². The van der Waals surface area contributed by atoms with E-state index in [0.29, 0.717) is 0 Å². The smallest absolute Gasteiger partial charge is 0.251 e. The molecule has 0 saturated carbocycles. The number of hydrogen-bond acceptors (Lipinski definition) is 3. The van der Waals surface area contributed by atoms with Gasteiger partial charge in [0, 0.05) is 0 Å². The molecule has 0 saturated heterocycles. The molecule has 1 aromatic carbocycles. The first-order valence-electron chi connectivity index (χ1n) is 4.16. The molecule has 0 amide bonds. The molecule has 3 N–H and O–H groups in total. The predicted molar refractivity (Wildman–Crippen MR) is 57.1 cm³/mol. The molecular weight excluding hydrogens is 262 g/mol. The van der Waals surface area contributed by atoms with Gasteiger partial charge < -0.3 is 5.73 Å². The molecule has 1 rings (SSSR count). The average molecular weight is 271 g/mol. The lowest BCUT2D eigenvalue weighted by Gasteiger charge is -2.07. The molecule has 0 aliphatic heterocycles. The highest BCUT2D eigenvalue weighted by atomic mass is 35.5. The minimum Gasteiger partial charge on any atom is -0.398 e. The maximum Gasteiger partial charge on any atom is 0.251 e. The maximum absolute atomic E-state index is 11.9. The van der Waals surface area contributed by atoms with Crippen molar-refractivity contribution in [3.63, 3.8) is 0 Å². The fraction of sp³-hybridized carbons (Fsp3) is 0.250. The molecule has 4 nitrogen and oxygen atoms in total. The summed E-state index contributed by atoms with van der Waals surface area (Å²) in [5, 5.41) is 0.0555. The summed E-state index contributed by atoms with van der Waals surface area (Å²) in [6, 6.07) is 3.58. The predicted octanol–water partition coefficient (Wildman–Crippen LogP) is 1.47. The molecule has 1 aromatic rings. The highest BCUT2D eigenvalue weighted by Gasteiger charge is 2.16. The number of alkyl halides is 2. The quantitative estimate of drug-likeness (QED) is 0.814. The van der Waals surface area contributed by atoms with Crippen molar-refractivity contribution in [1.82, 2.24) is 4.72 Å². The number of hydrogen-bond donors (Lipinski definition) is 2. The second kappa shape index (κ2) is 4.94. The van der Waals surface area contributed by atoms with Gasteiger partial charge in [0.15, 0.2) is 0 Å². The zero-order valence-corrected chi connectivity index (χ0v) is 9.52. The molecule has 0 fully saturated rings. The molecule has 0 unspecified atom stereocenters. The minimum absolute atomic E-state index is 0.0555. The van der Waals surface area contributed by atoms with Gasteiger partial charge in [0.2, 0.25) is 10.0 Å². The summed E-state index contributed by atoms with van der Waals surface area (Å²) in [5.41, 5.74) is 5.60. The number of nitrogens with one attached hydrogen (secondary N) is 1. The van der Waals surface area contributed by atoms with Crippen molar-refractivity contribution in [1.29, 1.82) is 0 Å². The second-order valence-electron chi connectivity index (χ2n) is 2.93. The summed E-state index contributed by atoms with van der Waals surface area (Å²) in [7, 11) is -3.96. The van der Waals surface area contributed by atoms with E-state index in [1.807, 2.05) is 0 Å².